The minimum absolute atomic E-state index is 0.138. The highest BCUT2D eigenvalue weighted by Crippen LogP contribution is 2.33. The summed E-state index contributed by atoms with van der Waals surface area (Å²) in [6.45, 7) is 7.34. The van der Waals surface area contributed by atoms with Gasteiger partial charge in [0, 0.05) is 17.5 Å². The van der Waals surface area contributed by atoms with Gasteiger partial charge in [-0.2, -0.15) is 0 Å². The first-order valence-electron chi connectivity index (χ1n) is 6.56. The number of hydrogen-bond acceptors (Lipinski definition) is 3. The Bertz CT molecular complexity index is 695. The molecule has 0 unspecified atom stereocenters. The summed E-state index contributed by atoms with van der Waals surface area (Å²) in [6.07, 6.45) is 0. The first-order valence-corrected chi connectivity index (χ1v) is 7.38. The number of nitrogens with one attached hydrogen (secondary N) is 1. The Morgan fingerprint density at radius 2 is 1.90 bits per heavy atom. The van der Waals surface area contributed by atoms with Gasteiger partial charge in [0.05, 0.1) is 5.03 Å². The van der Waals surface area contributed by atoms with Crippen LogP contribution in [0, 0.1) is 6.92 Å². The molecule has 1 amide bonds. The smallest absolute Gasteiger partial charge is 0.221 e. The maximum Gasteiger partial charge on any atom is 0.221 e. The fourth-order valence-electron chi connectivity index (χ4n) is 1.98. The Kier molecular flexibility index (Phi) is 4.70. The third kappa shape index (κ3) is 4.13. The summed E-state index contributed by atoms with van der Waals surface area (Å²) < 4.78 is 0. The number of nitrogens with two attached hydrogens (primary N) is 1. The molecule has 3 nitrogen and oxygen atoms in total. The second kappa shape index (κ2) is 6.50. The fraction of sp³-hybridized carbons (Fsp3) is 0.118. The van der Waals surface area contributed by atoms with E-state index < -0.39 is 0 Å². The Morgan fingerprint density at radius 1 is 1.19 bits per heavy atom. The molecule has 108 valence electrons. The molecule has 0 atom stereocenters. The van der Waals surface area contributed by atoms with Crippen LogP contribution < -0.4 is 11.1 Å². The number of benzene rings is 2. The summed E-state index contributed by atoms with van der Waals surface area (Å²) in [5.74, 6) is -0.138. The first-order chi connectivity index (χ1) is 9.95. The van der Waals surface area contributed by atoms with E-state index >= 15 is 0 Å². The molecule has 0 saturated heterocycles. The van der Waals surface area contributed by atoms with Crippen molar-refractivity contribution in [3.63, 3.8) is 0 Å². The lowest BCUT2D eigenvalue weighted by molar-refractivity contribution is -0.118. The van der Waals surface area contributed by atoms with Crippen LogP contribution >= 0.6 is 11.8 Å². The third-order valence-electron chi connectivity index (χ3n) is 2.91. The molecule has 0 heterocycles. The molecule has 0 radical (unpaired) electrons. The minimum atomic E-state index is -0.138. The average Bonchev–Trinajstić information content (AvgIpc) is 2.40. The summed E-state index contributed by atoms with van der Waals surface area (Å²) in [5.41, 5.74) is 10.1. The molecule has 0 bridgehead atoms. The summed E-state index contributed by atoms with van der Waals surface area (Å²) in [4.78, 5) is 11.9. The molecule has 21 heavy (non-hydrogen) atoms. The Morgan fingerprint density at radius 3 is 2.57 bits per heavy atom. The zero-order valence-corrected chi connectivity index (χ0v) is 13.0. The van der Waals surface area contributed by atoms with Crippen LogP contribution in [0.2, 0.25) is 0 Å². The van der Waals surface area contributed by atoms with Crippen molar-refractivity contribution in [2.24, 2.45) is 0 Å². The van der Waals surface area contributed by atoms with E-state index in [1.807, 2.05) is 24.3 Å². The van der Waals surface area contributed by atoms with Crippen molar-refractivity contribution in [2.75, 3.05) is 5.73 Å². The number of carbonyl (C=O) groups is 1. The Balaban J connectivity index is 2.29. The van der Waals surface area contributed by atoms with E-state index in [4.69, 9.17) is 5.73 Å². The summed E-state index contributed by atoms with van der Waals surface area (Å²) in [5, 5.41) is 3.23. The third-order valence-corrected chi connectivity index (χ3v) is 3.84. The van der Waals surface area contributed by atoms with Gasteiger partial charge in [-0.25, -0.2) is 0 Å². The molecule has 0 aromatic heterocycles. The number of aryl methyl sites for hydroxylation is 1. The molecule has 2 rings (SSSR count). The lowest BCUT2D eigenvalue weighted by Gasteiger charge is -2.11. The van der Waals surface area contributed by atoms with E-state index in [2.05, 4.69) is 37.0 Å². The SMILES string of the molecule is C=C(NC(C)=O)Sc1cc(-c2cccc(C)c2)ccc1N. The first kappa shape index (κ1) is 15.2. The van der Waals surface area contributed by atoms with Gasteiger partial charge in [-0.3, -0.25) is 4.79 Å². The van der Waals surface area contributed by atoms with E-state index in [0.29, 0.717) is 10.7 Å². The number of rotatable bonds is 4. The minimum Gasteiger partial charge on any atom is -0.398 e. The van der Waals surface area contributed by atoms with Crippen molar-refractivity contribution in [1.82, 2.24) is 5.32 Å². The normalized spacial score (nSPS) is 10.2. The molecule has 0 aliphatic carbocycles. The predicted octanol–water partition coefficient (Wildman–Crippen LogP) is 3.94. The zero-order valence-electron chi connectivity index (χ0n) is 12.1. The monoisotopic (exact) mass is 298 g/mol. The van der Waals surface area contributed by atoms with Gasteiger partial charge in [0.15, 0.2) is 0 Å². The molecule has 2 aromatic carbocycles. The van der Waals surface area contributed by atoms with Gasteiger partial charge >= 0.3 is 0 Å². The number of carbonyl (C=O) groups excluding carboxylic acids is 1. The topological polar surface area (TPSA) is 55.1 Å². The molecule has 4 heteroatoms. The average molecular weight is 298 g/mol. The highest BCUT2D eigenvalue weighted by Gasteiger charge is 2.07. The lowest BCUT2D eigenvalue weighted by atomic mass is 10.0. The molecular weight excluding hydrogens is 280 g/mol. The van der Waals surface area contributed by atoms with Crippen LogP contribution in [-0.2, 0) is 4.79 Å². The summed E-state index contributed by atoms with van der Waals surface area (Å²) in [6, 6.07) is 14.2. The van der Waals surface area contributed by atoms with Gasteiger partial charge in [0.1, 0.15) is 0 Å². The molecule has 3 N–H and O–H groups in total. The molecule has 2 aromatic rings. The zero-order chi connectivity index (χ0) is 15.4. The van der Waals surface area contributed by atoms with E-state index in [1.54, 1.807) is 0 Å². The van der Waals surface area contributed by atoms with Crippen molar-refractivity contribution in [2.45, 2.75) is 18.7 Å². The molecule has 0 spiro atoms. The van der Waals surface area contributed by atoms with E-state index in [0.717, 1.165) is 16.0 Å². The number of thioether (sulfide) groups is 1. The molecule has 0 aliphatic rings. The molecule has 0 aliphatic heterocycles. The van der Waals surface area contributed by atoms with E-state index in [9.17, 15) is 4.79 Å². The van der Waals surface area contributed by atoms with Gasteiger partial charge in [0.2, 0.25) is 5.91 Å². The molecule has 0 fully saturated rings. The fourth-order valence-corrected chi connectivity index (χ4v) is 2.81. The van der Waals surface area contributed by atoms with Crippen LogP contribution in [-0.4, -0.2) is 5.91 Å². The van der Waals surface area contributed by atoms with Crippen molar-refractivity contribution >= 4 is 23.4 Å². The molecule has 0 saturated carbocycles. The quantitative estimate of drug-likeness (QED) is 0.664. The largest absolute Gasteiger partial charge is 0.398 e. The van der Waals surface area contributed by atoms with Crippen molar-refractivity contribution in [1.29, 1.82) is 0 Å². The predicted molar refractivity (Wildman–Crippen MR) is 89.8 cm³/mol. The van der Waals surface area contributed by atoms with Crippen LogP contribution in [0.5, 0.6) is 0 Å². The standard InChI is InChI=1S/C17H18N2OS/c1-11-5-4-6-14(9-11)15-7-8-16(18)17(10-15)21-13(3)19-12(2)20/h4-10H,3,18H2,1-2H3,(H,19,20). The Labute approximate surface area is 129 Å². The van der Waals surface area contributed by atoms with Gasteiger partial charge in [0.25, 0.3) is 0 Å². The van der Waals surface area contributed by atoms with Crippen LogP contribution in [0.1, 0.15) is 12.5 Å². The summed E-state index contributed by atoms with van der Waals surface area (Å²) in [7, 11) is 0. The highest BCUT2D eigenvalue weighted by atomic mass is 32.2. The number of hydrogen-bond donors (Lipinski definition) is 2. The number of amides is 1. The maximum atomic E-state index is 11.0. The van der Waals surface area contributed by atoms with Gasteiger partial charge in [-0.1, -0.05) is 54.2 Å². The second-order valence-corrected chi connectivity index (χ2v) is 5.97. The summed E-state index contributed by atoms with van der Waals surface area (Å²) >= 11 is 1.36. The van der Waals surface area contributed by atoms with E-state index in [-0.39, 0.29) is 5.91 Å². The number of anilines is 1. The van der Waals surface area contributed by atoms with Crippen molar-refractivity contribution in [3.8, 4) is 11.1 Å². The van der Waals surface area contributed by atoms with Crippen molar-refractivity contribution in [3.05, 3.63) is 59.6 Å². The van der Waals surface area contributed by atoms with Crippen molar-refractivity contribution < 1.29 is 4.79 Å². The van der Waals surface area contributed by atoms with Crippen LogP contribution in [0.4, 0.5) is 5.69 Å². The van der Waals surface area contributed by atoms with Crippen LogP contribution in [0.25, 0.3) is 11.1 Å². The Hall–Kier alpha value is -2.20. The van der Waals surface area contributed by atoms with Gasteiger partial charge in [-0.15, -0.1) is 0 Å². The number of nitrogen functional groups attached to an aromatic ring is 1. The molecular formula is C17H18N2OS. The van der Waals surface area contributed by atoms with Crippen LogP contribution in [0.15, 0.2) is 59.0 Å². The lowest BCUT2D eigenvalue weighted by Crippen LogP contribution is -2.16. The second-order valence-electron chi connectivity index (χ2n) is 4.83. The maximum absolute atomic E-state index is 11.0. The van der Waals surface area contributed by atoms with Gasteiger partial charge in [-0.05, 0) is 30.2 Å². The highest BCUT2D eigenvalue weighted by molar-refractivity contribution is 8.03. The van der Waals surface area contributed by atoms with Crippen LogP contribution in [0.3, 0.4) is 0 Å². The van der Waals surface area contributed by atoms with E-state index in [1.165, 1.54) is 24.2 Å². The van der Waals surface area contributed by atoms with Gasteiger partial charge < -0.3 is 11.1 Å².